The van der Waals surface area contributed by atoms with Crippen LogP contribution < -0.4 is 0 Å². The summed E-state index contributed by atoms with van der Waals surface area (Å²) in [6.45, 7) is 9.06. The predicted molar refractivity (Wildman–Crippen MR) is 131 cm³/mol. The Kier molecular flexibility index (Phi) is 7.33. The van der Waals surface area contributed by atoms with Gasteiger partial charge in [-0.2, -0.15) is 0 Å². The largest absolute Gasteiger partial charge is 0.377 e. The normalized spacial score (nSPS) is 39.7. The number of Topliss-reactive ketones (excluding diaryl/α,β-unsaturated/α-hetero) is 1. The molecule has 4 rings (SSSR count). The van der Waals surface area contributed by atoms with Gasteiger partial charge >= 0.3 is 0 Å². The average molecular weight is 490 g/mol. The molecule has 0 bridgehead atoms. The first-order chi connectivity index (χ1) is 14.9. The quantitative estimate of drug-likeness (QED) is 0.280. The number of benzene rings is 1. The maximum atomic E-state index is 12.7. The van der Waals surface area contributed by atoms with Gasteiger partial charge in [-0.25, -0.2) is 0 Å². The predicted octanol–water partition coefficient (Wildman–Crippen LogP) is 7.44. The lowest BCUT2D eigenvalue weighted by Gasteiger charge is -2.59. The molecule has 0 N–H and O–H groups in total. The van der Waals surface area contributed by atoms with E-state index in [2.05, 4.69) is 67.0 Å². The average Bonchev–Trinajstić information content (AvgIpc) is 3.15. The topological polar surface area (TPSA) is 26.3 Å². The first kappa shape index (κ1) is 23.5. The first-order valence-electron chi connectivity index (χ1n) is 12.6. The number of halogens is 1. The fourth-order valence-corrected chi connectivity index (χ4v) is 8.56. The highest BCUT2D eigenvalue weighted by molar-refractivity contribution is 9.09. The van der Waals surface area contributed by atoms with E-state index in [0.29, 0.717) is 16.5 Å². The number of carbonyl (C=O) groups excluding carboxylic acids is 1. The van der Waals surface area contributed by atoms with Crippen molar-refractivity contribution in [2.75, 3.05) is 11.9 Å². The minimum Gasteiger partial charge on any atom is -0.377 e. The van der Waals surface area contributed by atoms with Gasteiger partial charge in [0.05, 0.1) is 11.9 Å². The van der Waals surface area contributed by atoms with Crippen LogP contribution in [0.1, 0.15) is 77.7 Å². The Morgan fingerprint density at radius 3 is 2.55 bits per heavy atom. The molecule has 0 aliphatic heterocycles. The van der Waals surface area contributed by atoms with Crippen LogP contribution in [-0.4, -0.2) is 17.7 Å². The number of alkyl halides is 1. The minimum atomic E-state index is 0.242. The summed E-state index contributed by atoms with van der Waals surface area (Å²) < 4.78 is 6.09. The van der Waals surface area contributed by atoms with E-state index >= 15 is 0 Å². The summed E-state index contributed by atoms with van der Waals surface area (Å²) in [7, 11) is 0. The van der Waals surface area contributed by atoms with Crippen molar-refractivity contribution in [3.05, 3.63) is 35.9 Å². The number of ether oxygens (including phenoxy) is 1. The monoisotopic (exact) mass is 488 g/mol. The van der Waals surface area contributed by atoms with Crippen molar-refractivity contribution >= 4 is 21.7 Å². The third-order valence-electron chi connectivity index (χ3n) is 10.1. The van der Waals surface area contributed by atoms with Crippen LogP contribution in [0.3, 0.4) is 0 Å². The molecule has 0 saturated heterocycles. The van der Waals surface area contributed by atoms with E-state index in [4.69, 9.17) is 4.74 Å². The molecule has 0 amide bonds. The number of ketones is 1. The fourth-order valence-electron chi connectivity index (χ4n) is 8.17. The summed E-state index contributed by atoms with van der Waals surface area (Å²) in [5.74, 6) is 3.89. The van der Waals surface area contributed by atoms with Gasteiger partial charge in [-0.3, -0.25) is 4.79 Å². The van der Waals surface area contributed by atoms with Crippen LogP contribution in [0.25, 0.3) is 0 Å². The second-order valence-electron chi connectivity index (χ2n) is 11.1. The van der Waals surface area contributed by atoms with Crippen LogP contribution in [0, 0.1) is 40.4 Å². The summed E-state index contributed by atoms with van der Waals surface area (Å²) in [6, 6.07) is 10.5. The summed E-state index contributed by atoms with van der Waals surface area (Å²) in [5.41, 5.74) is 1.93. The molecule has 2 nitrogen and oxygen atoms in total. The van der Waals surface area contributed by atoms with Crippen molar-refractivity contribution in [3.63, 3.8) is 0 Å². The Bertz CT molecular complexity index is 749. The van der Waals surface area contributed by atoms with Gasteiger partial charge in [0.25, 0.3) is 0 Å². The molecule has 0 aromatic heterocycles. The van der Waals surface area contributed by atoms with Crippen molar-refractivity contribution in [2.24, 2.45) is 40.4 Å². The summed E-state index contributed by atoms with van der Waals surface area (Å²) in [6.07, 6.45) is 10.1. The molecule has 3 aliphatic carbocycles. The molecule has 3 heteroatoms. The van der Waals surface area contributed by atoms with Gasteiger partial charge < -0.3 is 4.74 Å². The van der Waals surface area contributed by atoms with Gasteiger partial charge in [0.15, 0.2) is 0 Å². The van der Waals surface area contributed by atoms with Gasteiger partial charge in [0.1, 0.15) is 5.78 Å². The standard InChI is InChI=1S/C28H41BrO2/c1-4-27(2)21(15-17-31-19-20-8-6-5-7-9-20)10-11-22-23-12-13-25(26(30)18-29)28(23,3)16-14-24(22)27/h5-9,21-25H,4,10-19H2,1-3H3. The van der Waals surface area contributed by atoms with Crippen molar-refractivity contribution < 1.29 is 9.53 Å². The van der Waals surface area contributed by atoms with Gasteiger partial charge in [0.2, 0.25) is 0 Å². The van der Waals surface area contributed by atoms with E-state index in [0.717, 1.165) is 43.3 Å². The molecular weight excluding hydrogens is 448 g/mol. The van der Waals surface area contributed by atoms with E-state index < -0.39 is 0 Å². The maximum Gasteiger partial charge on any atom is 0.147 e. The highest BCUT2D eigenvalue weighted by Crippen LogP contribution is 2.66. The van der Waals surface area contributed by atoms with Gasteiger partial charge in [0, 0.05) is 12.5 Å². The van der Waals surface area contributed by atoms with E-state index in [9.17, 15) is 4.79 Å². The lowest BCUT2D eigenvalue weighted by Crippen LogP contribution is -2.52. The number of fused-ring (bicyclic) bond motifs is 3. The second kappa shape index (κ2) is 9.67. The third-order valence-corrected chi connectivity index (χ3v) is 10.6. The van der Waals surface area contributed by atoms with Gasteiger partial charge in [-0.15, -0.1) is 0 Å². The summed E-state index contributed by atoms with van der Waals surface area (Å²) in [5, 5.41) is 0.534. The minimum absolute atomic E-state index is 0.242. The molecule has 3 fully saturated rings. The number of carbonyl (C=O) groups is 1. The Morgan fingerprint density at radius 2 is 1.84 bits per heavy atom. The van der Waals surface area contributed by atoms with Crippen molar-refractivity contribution in [1.29, 1.82) is 0 Å². The van der Waals surface area contributed by atoms with Crippen LogP contribution in [0.5, 0.6) is 0 Å². The lowest BCUT2D eigenvalue weighted by molar-refractivity contribution is -0.131. The molecule has 172 valence electrons. The third kappa shape index (κ3) is 4.31. The highest BCUT2D eigenvalue weighted by atomic mass is 79.9. The molecule has 3 saturated carbocycles. The van der Waals surface area contributed by atoms with Crippen molar-refractivity contribution in [2.45, 2.75) is 78.7 Å². The maximum absolute atomic E-state index is 12.7. The first-order valence-corrected chi connectivity index (χ1v) is 13.8. The molecule has 1 aromatic carbocycles. The molecule has 0 spiro atoms. The molecule has 1 aromatic rings. The van der Waals surface area contributed by atoms with Crippen molar-refractivity contribution in [3.8, 4) is 0 Å². The molecule has 31 heavy (non-hydrogen) atoms. The fraction of sp³-hybridized carbons (Fsp3) is 0.750. The van der Waals surface area contributed by atoms with Crippen LogP contribution in [0.4, 0.5) is 0 Å². The molecule has 3 aliphatic rings. The number of rotatable bonds is 8. The molecular formula is C28H41BrO2. The molecule has 0 heterocycles. The Balaban J connectivity index is 1.40. The SMILES string of the molecule is CCC1(C)C(CCOCc2ccccc2)CCC2C1CCC1(C)C(C(=O)CBr)CCC21. The smallest absolute Gasteiger partial charge is 0.147 e. The van der Waals surface area contributed by atoms with Crippen molar-refractivity contribution in [1.82, 2.24) is 0 Å². The molecule has 7 atom stereocenters. The van der Waals surface area contributed by atoms with E-state index in [1.165, 1.54) is 50.5 Å². The second-order valence-corrected chi connectivity index (χ2v) is 11.7. The Hall–Kier alpha value is -0.670. The van der Waals surface area contributed by atoms with Crippen LogP contribution in [-0.2, 0) is 16.1 Å². The van der Waals surface area contributed by atoms with E-state index in [-0.39, 0.29) is 11.3 Å². The lowest BCUT2D eigenvalue weighted by atomic mass is 9.46. The highest BCUT2D eigenvalue weighted by Gasteiger charge is 2.59. The molecule has 0 radical (unpaired) electrons. The zero-order valence-corrected chi connectivity index (χ0v) is 21.3. The summed E-state index contributed by atoms with van der Waals surface area (Å²) >= 11 is 3.45. The van der Waals surface area contributed by atoms with E-state index in [1.807, 2.05) is 0 Å². The zero-order valence-electron chi connectivity index (χ0n) is 19.7. The van der Waals surface area contributed by atoms with Crippen LogP contribution in [0.15, 0.2) is 30.3 Å². The number of hydrogen-bond donors (Lipinski definition) is 0. The number of hydrogen-bond acceptors (Lipinski definition) is 2. The van der Waals surface area contributed by atoms with Gasteiger partial charge in [-0.05, 0) is 85.0 Å². The van der Waals surface area contributed by atoms with Crippen LogP contribution >= 0.6 is 15.9 Å². The Morgan fingerprint density at radius 1 is 1.06 bits per heavy atom. The molecule has 7 unspecified atom stereocenters. The Labute approximate surface area is 198 Å². The van der Waals surface area contributed by atoms with E-state index in [1.54, 1.807) is 0 Å². The summed E-state index contributed by atoms with van der Waals surface area (Å²) in [4.78, 5) is 12.7. The zero-order chi connectivity index (χ0) is 22.1. The van der Waals surface area contributed by atoms with Gasteiger partial charge in [-0.1, -0.05) is 73.5 Å². The van der Waals surface area contributed by atoms with Crippen LogP contribution in [0.2, 0.25) is 0 Å².